The van der Waals surface area contributed by atoms with Gasteiger partial charge in [-0.05, 0) is 45.7 Å². The second-order valence-corrected chi connectivity index (χ2v) is 5.73. The van der Waals surface area contributed by atoms with E-state index in [1.54, 1.807) is 0 Å². The Morgan fingerprint density at radius 3 is 2.58 bits per heavy atom. The number of rotatable bonds is 4. The third-order valence-corrected chi connectivity index (χ3v) is 4.06. The zero-order valence-corrected chi connectivity index (χ0v) is 12.0. The minimum Gasteiger partial charge on any atom is -0.481 e. The summed E-state index contributed by atoms with van der Waals surface area (Å²) in [4.78, 5) is 13.3. The van der Waals surface area contributed by atoms with Gasteiger partial charge in [0.15, 0.2) is 0 Å². The molecule has 0 aliphatic carbocycles. The van der Waals surface area contributed by atoms with E-state index in [1.165, 1.54) is 16.7 Å². The van der Waals surface area contributed by atoms with Crippen LogP contribution in [0.15, 0.2) is 18.2 Å². The second-order valence-electron chi connectivity index (χ2n) is 5.73. The highest BCUT2D eigenvalue weighted by atomic mass is 16.4. The topological polar surface area (TPSA) is 40.5 Å². The first-order chi connectivity index (χ1) is 8.97. The molecule has 0 amide bonds. The van der Waals surface area contributed by atoms with Crippen LogP contribution in [0.25, 0.3) is 0 Å². The minimum atomic E-state index is -0.690. The van der Waals surface area contributed by atoms with Gasteiger partial charge in [0.2, 0.25) is 0 Å². The monoisotopic (exact) mass is 261 g/mol. The maximum absolute atomic E-state index is 10.9. The average molecular weight is 261 g/mol. The Bertz CT molecular complexity index is 450. The highest BCUT2D eigenvalue weighted by Crippen LogP contribution is 2.31. The molecular formula is C16H23NO2. The molecule has 2 rings (SSSR count). The van der Waals surface area contributed by atoms with Crippen molar-refractivity contribution in [2.24, 2.45) is 0 Å². The fourth-order valence-corrected chi connectivity index (χ4v) is 3.23. The van der Waals surface area contributed by atoms with Gasteiger partial charge in [-0.1, -0.05) is 29.3 Å². The van der Waals surface area contributed by atoms with Crippen LogP contribution in [0.2, 0.25) is 0 Å². The zero-order chi connectivity index (χ0) is 14.0. The summed E-state index contributed by atoms with van der Waals surface area (Å²) in [7, 11) is 0. The van der Waals surface area contributed by atoms with E-state index in [1.807, 2.05) is 0 Å². The molecule has 3 heteroatoms. The summed E-state index contributed by atoms with van der Waals surface area (Å²) >= 11 is 0. The van der Waals surface area contributed by atoms with Crippen molar-refractivity contribution in [1.29, 1.82) is 0 Å². The maximum Gasteiger partial charge on any atom is 0.304 e. The van der Waals surface area contributed by atoms with Gasteiger partial charge in [0, 0.05) is 12.1 Å². The van der Waals surface area contributed by atoms with Gasteiger partial charge in [0.05, 0.1) is 6.42 Å². The molecule has 104 valence electrons. The van der Waals surface area contributed by atoms with Gasteiger partial charge in [-0.15, -0.1) is 0 Å². The Labute approximate surface area is 115 Å². The Morgan fingerprint density at radius 2 is 2.00 bits per heavy atom. The number of carbonyl (C=O) groups is 1. The second kappa shape index (κ2) is 5.74. The molecule has 1 aliphatic heterocycles. The normalized spacial score (nSPS) is 21.5. The molecule has 1 aromatic rings. The number of hydrogen-bond acceptors (Lipinski definition) is 2. The smallest absolute Gasteiger partial charge is 0.304 e. The first-order valence-electron chi connectivity index (χ1n) is 7.03. The van der Waals surface area contributed by atoms with E-state index in [4.69, 9.17) is 5.11 Å². The van der Waals surface area contributed by atoms with Gasteiger partial charge in [-0.3, -0.25) is 9.69 Å². The van der Waals surface area contributed by atoms with Crippen LogP contribution in [-0.2, 0) is 4.79 Å². The van der Waals surface area contributed by atoms with Crippen LogP contribution < -0.4 is 0 Å². The Morgan fingerprint density at radius 1 is 1.37 bits per heavy atom. The van der Waals surface area contributed by atoms with Gasteiger partial charge < -0.3 is 5.11 Å². The summed E-state index contributed by atoms with van der Waals surface area (Å²) in [5, 5.41) is 9.01. The number of carboxylic acid groups (broad SMARTS) is 1. The van der Waals surface area contributed by atoms with Crippen molar-refractivity contribution in [3.05, 3.63) is 34.9 Å². The minimum absolute atomic E-state index is 0.188. The summed E-state index contributed by atoms with van der Waals surface area (Å²) in [5.74, 6) is -0.690. The molecule has 2 unspecified atom stereocenters. The summed E-state index contributed by atoms with van der Waals surface area (Å²) in [6, 6.07) is 7.09. The molecule has 19 heavy (non-hydrogen) atoms. The fraction of sp³-hybridized carbons (Fsp3) is 0.562. The summed E-state index contributed by atoms with van der Waals surface area (Å²) in [6.45, 7) is 7.42. The van der Waals surface area contributed by atoms with Crippen LogP contribution in [0.1, 0.15) is 48.9 Å². The molecule has 1 aliphatic rings. The number of nitrogens with zero attached hydrogens (tertiary/aromatic N) is 1. The Hall–Kier alpha value is -1.35. The lowest BCUT2D eigenvalue weighted by Crippen LogP contribution is -2.33. The third kappa shape index (κ3) is 3.35. The highest BCUT2D eigenvalue weighted by molar-refractivity contribution is 5.67. The number of aliphatic carboxylic acids is 1. The molecule has 1 aromatic carbocycles. The Balaban J connectivity index is 2.17. The molecule has 0 spiro atoms. The average Bonchev–Trinajstić information content (AvgIpc) is 2.73. The van der Waals surface area contributed by atoms with Crippen LogP contribution in [0.4, 0.5) is 0 Å². The zero-order valence-electron chi connectivity index (χ0n) is 12.0. The molecule has 1 heterocycles. The van der Waals surface area contributed by atoms with Crippen molar-refractivity contribution in [3.8, 4) is 0 Å². The molecule has 3 nitrogen and oxygen atoms in total. The molecular weight excluding hydrogens is 238 g/mol. The van der Waals surface area contributed by atoms with Crippen molar-refractivity contribution in [3.63, 3.8) is 0 Å². The van der Waals surface area contributed by atoms with Crippen LogP contribution >= 0.6 is 0 Å². The molecule has 0 saturated carbocycles. The quantitative estimate of drug-likeness (QED) is 0.904. The number of likely N-dealkylation sites (tertiary alicyclic amines) is 1. The van der Waals surface area contributed by atoms with E-state index in [9.17, 15) is 4.79 Å². The maximum atomic E-state index is 10.9. The fourth-order valence-electron chi connectivity index (χ4n) is 3.23. The third-order valence-electron chi connectivity index (χ3n) is 4.06. The van der Waals surface area contributed by atoms with Crippen molar-refractivity contribution >= 4 is 5.97 Å². The number of carboxylic acids is 1. The van der Waals surface area contributed by atoms with E-state index in [0.717, 1.165) is 19.4 Å². The Kier molecular flexibility index (Phi) is 4.25. The van der Waals surface area contributed by atoms with Crippen molar-refractivity contribution in [2.45, 2.75) is 52.1 Å². The van der Waals surface area contributed by atoms with Crippen molar-refractivity contribution < 1.29 is 9.90 Å². The standard InChI is InChI=1S/C16H23NO2/c1-11-7-12(2)9-14(8-11)13(3)17-6-4-5-15(17)10-16(18)19/h7-9,13,15H,4-6,10H2,1-3H3,(H,18,19). The van der Waals surface area contributed by atoms with Crippen molar-refractivity contribution in [2.75, 3.05) is 6.54 Å². The lowest BCUT2D eigenvalue weighted by molar-refractivity contribution is -0.138. The van der Waals surface area contributed by atoms with Crippen molar-refractivity contribution in [1.82, 2.24) is 4.90 Å². The number of benzene rings is 1. The first-order valence-corrected chi connectivity index (χ1v) is 7.03. The summed E-state index contributed by atoms with van der Waals surface area (Å²) in [6.07, 6.45) is 2.36. The van der Waals surface area contributed by atoms with Gasteiger partial charge in [0.25, 0.3) is 0 Å². The first kappa shape index (κ1) is 14.1. The van der Waals surface area contributed by atoms with Gasteiger partial charge >= 0.3 is 5.97 Å². The highest BCUT2D eigenvalue weighted by Gasteiger charge is 2.30. The molecule has 0 bridgehead atoms. The summed E-state index contributed by atoms with van der Waals surface area (Å²) in [5.41, 5.74) is 3.85. The van der Waals surface area contributed by atoms with Gasteiger partial charge in [0.1, 0.15) is 0 Å². The molecule has 1 saturated heterocycles. The van der Waals surface area contributed by atoms with Crippen LogP contribution in [0.5, 0.6) is 0 Å². The number of aryl methyl sites for hydroxylation is 2. The van der Waals surface area contributed by atoms with Crippen LogP contribution in [0, 0.1) is 13.8 Å². The van der Waals surface area contributed by atoms with Crippen LogP contribution in [0.3, 0.4) is 0 Å². The lowest BCUT2D eigenvalue weighted by atomic mass is 10.0. The summed E-state index contributed by atoms with van der Waals surface area (Å²) < 4.78 is 0. The van der Waals surface area contributed by atoms with E-state index in [0.29, 0.717) is 6.04 Å². The lowest BCUT2D eigenvalue weighted by Gasteiger charge is -2.30. The number of hydrogen-bond donors (Lipinski definition) is 1. The van der Waals surface area contributed by atoms with Gasteiger partial charge in [-0.25, -0.2) is 0 Å². The van der Waals surface area contributed by atoms with Crippen LogP contribution in [-0.4, -0.2) is 28.6 Å². The van der Waals surface area contributed by atoms with E-state index >= 15 is 0 Å². The van der Waals surface area contributed by atoms with E-state index in [-0.39, 0.29) is 12.5 Å². The van der Waals surface area contributed by atoms with Gasteiger partial charge in [-0.2, -0.15) is 0 Å². The molecule has 0 radical (unpaired) electrons. The van der Waals surface area contributed by atoms with E-state index in [2.05, 4.69) is 43.9 Å². The molecule has 1 N–H and O–H groups in total. The van der Waals surface area contributed by atoms with E-state index < -0.39 is 5.97 Å². The predicted octanol–water partition coefficient (Wildman–Crippen LogP) is 3.30. The molecule has 1 fully saturated rings. The molecule has 2 atom stereocenters. The predicted molar refractivity (Wildman–Crippen MR) is 76.3 cm³/mol. The molecule has 0 aromatic heterocycles. The SMILES string of the molecule is Cc1cc(C)cc(C(C)N2CCCC2CC(=O)O)c1. The largest absolute Gasteiger partial charge is 0.481 e.